The quantitative estimate of drug-likeness (QED) is 0.418. The van der Waals surface area contributed by atoms with Gasteiger partial charge < -0.3 is 4.79 Å². The maximum Gasteiger partial charge on any atom is 0.124 e. The monoisotopic (exact) mass is 158 g/mol. The Hall–Kier alpha value is -1.47. The summed E-state index contributed by atoms with van der Waals surface area (Å²) >= 11 is 0. The molecule has 0 spiro atoms. The molecule has 1 aliphatic carbocycles. The Morgan fingerprint density at radius 1 is 1.25 bits per heavy atom. The average molecular weight is 158 g/mol. The van der Waals surface area contributed by atoms with Gasteiger partial charge in [0.1, 0.15) is 6.29 Å². The topological polar surface area (TPSA) is 17.1 Å². The van der Waals surface area contributed by atoms with E-state index < -0.39 is 0 Å². The van der Waals surface area contributed by atoms with Crippen molar-refractivity contribution in [3.63, 3.8) is 0 Å². The van der Waals surface area contributed by atoms with Crippen molar-refractivity contribution in [1.29, 1.82) is 0 Å². The van der Waals surface area contributed by atoms with Crippen molar-refractivity contribution in [1.82, 2.24) is 0 Å². The van der Waals surface area contributed by atoms with E-state index in [1.165, 1.54) is 0 Å². The highest BCUT2D eigenvalue weighted by molar-refractivity contribution is 5.54. The predicted octanol–water partition coefficient (Wildman–Crippen LogP) is 1.55. The zero-order valence-electron chi connectivity index (χ0n) is 6.84. The van der Waals surface area contributed by atoms with Crippen LogP contribution in [-0.2, 0) is 4.79 Å². The first-order valence-corrected chi connectivity index (χ1v) is 4.00. The van der Waals surface area contributed by atoms with Gasteiger partial charge in [-0.15, -0.1) is 0 Å². The second kappa shape index (κ2) is 5.22. The number of carbonyl (C=O) groups excluding carboxylic acids is 1. The normalized spacial score (nSPS) is 23.8. The predicted molar refractivity (Wildman–Crippen MR) is 48.1 cm³/mol. The van der Waals surface area contributed by atoms with Gasteiger partial charge in [-0.2, -0.15) is 0 Å². The molecule has 0 aromatic carbocycles. The van der Waals surface area contributed by atoms with Crippen LogP contribution in [0.5, 0.6) is 0 Å². The summed E-state index contributed by atoms with van der Waals surface area (Å²) in [6, 6.07) is 0. The molecule has 1 nitrogen and oxygen atoms in total. The van der Waals surface area contributed by atoms with Gasteiger partial charge in [0, 0.05) is 18.8 Å². The second-order valence-corrected chi connectivity index (χ2v) is 2.61. The van der Waals surface area contributed by atoms with E-state index in [-0.39, 0.29) is 5.92 Å². The van der Waals surface area contributed by atoms with Crippen LogP contribution in [0, 0.1) is 29.6 Å². The lowest BCUT2D eigenvalue weighted by Gasteiger charge is -2.01. The highest BCUT2D eigenvalue weighted by Crippen LogP contribution is 2.07. The third kappa shape index (κ3) is 3.08. The van der Waals surface area contributed by atoms with Crippen LogP contribution in [0.2, 0.25) is 0 Å². The molecule has 1 heteroatoms. The molecule has 0 bridgehead atoms. The third-order valence-corrected chi connectivity index (χ3v) is 1.65. The van der Waals surface area contributed by atoms with Crippen molar-refractivity contribution in [3.8, 4) is 23.7 Å². The fraction of sp³-hybridized carbons (Fsp3) is 0.364. The lowest BCUT2D eigenvalue weighted by Crippen LogP contribution is -1.99. The smallest absolute Gasteiger partial charge is 0.124 e. The molecule has 0 saturated heterocycles. The van der Waals surface area contributed by atoms with E-state index in [1.807, 2.05) is 0 Å². The second-order valence-electron chi connectivity index (χ2n) is 2.61. The lowest BCUT2D eigenvalue weighted by molar-refractivity contribution is -0.111. The fourth-order valence-electron chi connectivity index (χ4n) is 0.939. The molecule has 0 fully saturated rings. The van der Waals surface area contributed by atoms with Crippen LogP contribution in [0.15, 0.2) is 12.2 Å². The van der Waals surface area contributed by atoms with Crippen LogP contribution in [0.1, 0.15) is 19.3 Å². The molecular weight excluding hydrogens is 148 g/mol. The van der Waals surface area contributed by atoms with E-state index in [9.17, 15) is 4.79 Å². The zero-order chi connectivity index (χ0) is 8.65. The minimum Gasteiger partial charge on any atom is -0.303 e. The standard InChI is InChI=1S/C11H10O/c12-10-11-8-6-4-2-1-3-5-7-9-11/h1-2,10-11H,7-9H2/b2-1-. The number of aldehydes is 1. The van der Waals surface area contributed by atoms with E-state index in [0.717, 1.165) is 19.1 Å². The highest BCUT2D eigenvalue weighted by atomic mass is 16.1. The van der Waals surface area contributed by atoms with Crippen molar-refractivity contribution >= 4 is 6.29 Å². The molecule has 0 amide bonds. The van der Waals surface area contributed by atoms with E-state index in [1.54, 1.807) is 12.2 Å². The molecular formula is C11H10O. The van der Waals surface area contributed by atoms with Gasteiger partial charge in [-0.25, -0.2) is 0 Å². The summed E-state index contributed by atoms with van der Waals surface area (Å²) in [5.41, 5.74) is 0. The summed E-state index contributed by atoms with van der Waals surface area (Å²) in [5, 5.41) is 0. The Bertz CT molecular complexity index is 290. The molecule has 0 aromatic heterocycles. The summed E-state index contributed by atoms with van der Waals surface area (Å²) < 4.78 is 0. The van der Waals surface area contributed by atoms with Crippen LogP contribution in [-0.4, -0.2) is 6.29 Å². The minimum absolute atomic E-state index is 0.0679. The summed E-state index contributed by atoms with van der Waals surface area (Å²) in [6.45, 7) is 0. The first kappa shape index (κ1) is 8.62. The molecule has 0 aromatic rings. The number of hydrogen-bond donors (Lipinski definition) is 0. The van der Waals surface area contributed by atoms with Gasteiger partial charge in [-0.3, -0.25) is 0 Å². The van der Waals surface area contributed by atoms with Crippen LogP contribution in [0.4, 0.5) is 0 Å². The first-order valence-electron chi connectivity index (χ1n) is 4.00. The Morgan fingerprint density at radius 3 is 2.75 bits per heavy atom. The van der Waals surface area contributed by atoms with Crippen LogP contribution in [0.25, 0.3) is 0 Å². The van der Waals surface area contributed by atoms with Crippen molar-refractivity contribution in [2.45, 2.75) is 19.3 Å². The van der Waals surface area contributed by atoms with Gasteiger partial charge in [0.2, 0.25) is 0 Å². The zero-order valence-corrected chi connectivity index (χ0v) is 6.84. The Kier molecular flexibility index (Phi) is 3.75. The Labute approximate surface area is 72.9 Å². The van der Waals surface area contributed by atoms with Crippen LogP contribution in [0.3, 0.4) is 0 Å². The van der Waals surface area contributed by atoms with Gasteiger partial charge in [0.15, 0.2) is 0 Å². The molecule has 1 aliphatic rings. The van der Waals surface area contributed by atoms with E-state index >= 15 is 0 Å². The number of hydrogen-bond acceptors (Lipinski definition) is 1. The molecule has 1 rings (SSSR count). The van der Waals surface area contributed by atoms with Gasteiger partial charge in [0.05, 0.1) is 0 Å². The molecule has 0 saturated carbocycles. The van der Waals surface area contributed by atoms with Crippen molar-refractivity contribution in [3.05, 3.63) is 12.2 Å². The van der Waals surface area contributed by atoms with Crippen molar-refractivity contribution < 1.29 is 4.79 Å². The maximum absolute atomic E-state index is 10.5. The summed E-state index contributed by atoms with van der Waals surface area (Å²) in [5.74, 6) is 11.6. The molecule has 0 aliphatic heterocycles. The Balaban J connectivity index is 2.62. The first-order chi connectivity index (χ1) is 5.93. The minimum atomic E-state index is 0.0679. The molecule has 12 heavy (non-hydrogen) atoms. The van der Waals surface area contributed by atoms with Crippen molar-refractivity contribution in [2.24, 2.45) is 5.92 Å². The SMILES string of the molecule is O=CC1CC#C/C=C\C#CCC1. The summed E-state index contributed by atoms with van der Waals surface area (Å²) in [7, 11) is 0. The lowest BCUT2D eigenvalue weighted by atomic mass is 10.0. The van der Waals surface area contributed by atoms with Crippen molar-refractivity contribution in [2.75, 3.05) is 0 Å². The third-order valence-electron chi connectivity index (χ3n) is 1.65. The van der Waals surface area contributed by atoms with Gasteiger partial charge in [-0.1, -0.05) is 23.7 Å². The van der Waals surface area contributed by atoms with Gasteiger partial charge in [-0.05, 0) is 18.6 Å². The molecule has 60 valence electrons. The summed E-state index contributed by atoms with van der Waals surface area (Å²) in [6.07, 6.45) is 6.72. The largest absolute Gasteiger partial charge is 0.303 e. The molecule has 0 heterocycles. The molecule has 1 unspecified atom stereocenters. The van der Waals surface area contributed by atoms with E-state index in [0.29, 0.717) is 6.42 Å². The Morgan fingerprint density at radius 2 is 2.00 bits per heavy atom. The number of allylic oxidation sites excluding steroid dienone is 2. The molecule has 0 N–H and O–H groups in total. The average Bonchev–Trinajstić information content (AvgIpc) is 2.14. The van der Waals surface area contributed by atoms with E-state index in [2.05, 4.69) is 23.7 Å². The highest BCUT2D eigenvalue weighted by Gasteiger charge is 2.03. The van der Waals surface area contributed by atoms with Crippen LogP contribution >= 0.6 is 0 Å². The molecule has 1 atom stereocenters. The fourth-order valence-corrected chi connectivity index (χ4v) is 0.939. The number of carbonyl (C=O) groups is 1. The van der Waals surface area contributed by atoms with Crippen LogP contribution < -0.4 is 0 Å². The van der Waals surface area contributed by atoms with Gasteiger partial charge >= 0.3 is 0 Å². The van der Waals surface area contributed by atoms with Gasteiger partial charge in [0.25, 0.3) is 0 Å². The maximum atomic E-state index is 10.5. The summed E-state index contributed by atoms with van der Waals surface area (Å²) in [4.78, 5) is 10.5. The van der Waals surface area contributed by atoms with E-state index in [4.69, 9.17) is 0 Å². The number of rotatable bonds is 1. The molecule has 0 radical (unpaired) electrons.